The van der Waals surface area contributed by atoms with E-state index in [2.05, 4.69) is 15.7 Å². The van der Waals surface area contributed by atoms with E-state index in [1.165, 1.54) is 24.3 Å². The van der Waals surface area contributed by atoms with Gasteiger partial charge in [0, 0.05) is 29.0 Å². The molecule has 1 aromatic heterocycles. The number of nitro groups is 1. The van der Waals surface area contributed by atoms with Crippen molar-refractivity contribution in [3.8, 4) is 0 Å². The molecule has 0 aliphatic heterocycles. The lowest BCUT2D eigenvalue weighted by Gasteiger charge is -2.08. The van der Waals surface area contributed by atoms with Gasteiger partial charge in [-0.15, -0.1) is 0 Å². The maximum absolute atomic E-state index is 13.1. The molecule has 0 unspecified atom stereocenters. The van der Waals surface area contributed by atoms with Crippen molar-refractivity contribution in [3.63, 3.8) is 0 Å². The van der Waals surface area contributed by atoms with Crippen molar-refractivity contribution in [1.82, 2.24) is 9.78 Å². The van der Waals surface area contributed by atoms with Crippen molar-refractivity contribution >= 4 is 46.0 Å². The molecule has 3 rings (SSSR count). The van der Waals surface area contributed by atoms with Gasteiger partial charge in [0.15, 0.2) is 5.11 Å². The Balaban J connectivity index is 1.59. The second-order valence-corrected chi connectivity index (χ2v) is 6.36. The first-order chi connectivity index (χ1) is 12.9. The molecule has 0 amide bonds. The quantitative estimate of drug-likeness (QED) is 0.371. The van der Waals surface area contributed by atoms with Crippen LogP contribution in [0.25, 0.3) is 0 Å². The van der Waals surface area contributed by atoms with E-state index in [1.54, 1.807) is 35.3 Å². The Hall–Kier alpha value is -3.04. The zero-order chi connectivity index (χ0) is 19.4. The number of benzene rings is 2. The summed E-state index contributed by atoms with van der Waals surface area (Å²) in [6.45, 7) is 0.378. The van der Waals surface area contributed by atoms with E-state index in [-0.39, 0.29) is 5.69 Å². The van der Waals surface area contributed by atoms with Gasteiger partial charge in [0.2, 0.25) is 0 Å². The molecule has 10 heteroatoms. The van der Waals surface area contributed by atoms with E-state index in [4.69, 9.17) is 23.8 Å². The van der Waals surface area contributed by atoms with Gasteiger partial charge in [-0.25, -0.2) is 4.39 Å². The minimum atomic E-state index is -0.470. The lowest BCUT2D eigenvalue weighted by atomic mass is 10.2. The zero-order valence-corrected chi connectivity index (χ0v) is 15.3. The minimum Gasteiger partial charge on any atom is -0.332 e. The molecule has 0 aliphatic carbocycles. The van der Waals surface area contributed by atoms with Gasteiger partial charge in [-0.2, -0.15) is 5.10 Å². The van der Waals surface area contributed by atoms with Crippen LogP contribution >= 0.6 is 23.8 Å². The van der Waals surface area contributed by atoms with Gasteiger partial charge in [0.05, 0.1) is 23.4 Å². The van der Waals surface area contributed by atoms with Gasteiger partial charge in [0.25, 0.3) is 5.69 Å². The lowest BCUT2D eigenvalue weighted by molar-refractivity contribution is -0.384. The summed E-state index contributed by atoms with van der Waals surface area (Å²) in [5.74, 6) is -0.394. The molecule has 0 aliphatic rings. The number of nitro benzene ring substituents is 1. The van der Waals surface area contributed by atoms with Crippen LogP contribution in [-0.2, 0) is 6.54 Å². The van der Waals surface area contributed by atoms with Crippen LogP contribution in [0, 0.1) is 15.9 Å². The summed E-state index contributed by atoms with van der Waals surface area (Å²) in [6, 6.07) is 10.1. The normalized spacial score (nSPS) is 10.4. The topological polar surface area (TPSA) is 85.0 Å². The van der Waals surface area contributed by atoms with E-state index in [1.807, 2.05) is 0 Å². The largest absolute Gasteiger partial charge is 0.332 e. The van der Waals surface area contributed by atoms with Crippen molar-refractivity contribution in [2.24, 2.45) is 0 Å². The number of rotatable bonds is 5. The molecule has 0 spiro atoms. The number of thiocarbonyl (C=S) groups is 1. The van der Waals surface area contributed by atoms with Crippen molar-refractivity contribution in [1.29, 1.82) is 0 Å². The van der Waals surface area contributed by atoms with Gasteiger partial charge < -0.3 is 10.6 Å². The van der Waals surface area contributed by atoms with E-state index >= 15 is 0 Å². The first kappa shape index (κ1) is 18.7. The molecule has 0 saturated heterocycles. The van der Waals surface area contributed by atoms with E-state index < -0.39 is 10.7 Å². The number of halogens is 2. The molecule has 0 fully saturated rings. The smallest absolute Gasteiger partial charge is 0.269 e. The van der Waals surface area contributed by atoms with Gasteiger partial charge in [0.1, 0.15) is 5.82 Å². The van der Waals surface area contributed by atoms with Crippen molar-refractivity contribution in [3.05, 3.63) is 81.4 Å². The molecule has 0 atom stereocenters. The van der Waals surface area contributed by atoms with Crippen LogP contribution in [0.1, 0.15) is 5.56 Å². The number of non-ortho nitro benzene ring substituents is 1. The molecule has 7 nitrogen and oxygen atoms in total. The molecule has 138 valence electrons. The highest BCUT2D eigenvalue weighted by Crippen LogP contribution is 2.19. The lowest BCUT2D eigenvalue weighted by Crippen LogP contribution is -2.18. The fourth-order valence-corrected chi connectivity index (χ4v) is 2.76. The number of aromatic nitrogens is 2. The van der Waals surface area contributed by atoms with Crippen LogP contribution in [0.5, 0.6) is 0 Å². The predicted molar refractivity (Wildman–Crippen MR) is 106 cm³/mol. The van der Waals surface area contributed by atoms with Crippen LogP contribution in [0.2, 0.25) is 5.02 Å². The highest BCUT2D eigenvalue weighted by Gasteiger charge is 2.07. The Bertz CT molecular complexity index is 993. The van der Waals surface area contributed by atoms with Crippen LogP contribution < -0.4 is 10.6 Å². The molecule has 0 saturated carbocycles. The minimum absolute atomic E-state index is 0.000146. The number of nitrogens with zero attached hydrogens (tertiary/aromatic N) is 3. The average Bonchev–Trinajstić information content (AvgIpc) is 3.04. The fourth-order valence-electron chi connectivity index (χ4n) is 2.30. The Morgan fingerprint density at radius 2 is 1.93 bits per heavy atom. The SMILES string of the molecule is O=[N+]([O-])c1ccc(NC(=S)Nc2cnn(Cc3ccc(F)cc3Cl)c2)cc1. The molecule has 3 aromatic rings. The van der Waals surface area contributed by atoms with Crippen molar-refractivity contribution in [2.75, 3.05) is 10.6 Å². The van der Waals surface area contributed by atoms with Gasteiger partial charge in [-0.05, 0) is 42.0 Å². The van der Waals surface area contributed by atoms with Gasteiger partial charge in [-0.1, -0.05) is 17.7 Å². The van der Waals surface area contributed by atoms with Gasteiger partial charge in [-0.3, -0.25) is 14.8 Å². The van der Waals surface area contributed by atoms with Crippen molar-refractivity contribution in [2.45, 2.75) is 6.54 Å². The predicted octanol–water partition coefficient (Wildman–Crippen LogP) is 4.44. The molecule has 0 radical (unpaired) electrons. The summed E-state index contributed by atoms with van der Waals surface area (Å²) in [6.07, 6.45) is 3.31. The summed E-state index contributed by atoms with van der Waals surface area (Å²) in [7, 11) is 0. The first-order valence-electron chi connectivity index (χ1n) is 7.69. The van der Waals surface area contributed by atoms with E-state index in [0.717, 1.165) is 5.56 Å². The number of hydrogen-bond acceptors (Lipinski definition) is 4. The van der Waals surface area contributed by atoms with Crippen LogP contribution in [0.15, 0.2) is 54.9 Å². The summed E-state index contributed by atoms with van der Waals surface area (Å²) >= 11 is 11.2. The standard InChI is InChI=1S/C17H13ClFN5O2S/c18-16-7-12(19)2-1-11(16)9-23-10-14(8-20-23)22-17(27)21-13-3-5-15(6-4-13)24(25)26/h1-8,10H,9H2,(H2,21,22,27). The highest BCUT2D eigenvalue weighted by atomic mass is 35.5. The Morgan fingerprint density at radius 1 is 1.22 bits per heavy atom. The Morgan fingerprint density at radius 3 is 2.59 bits per heavy atom. The molecule has 2 N–H and O–H groups in total. The number of hydrogen-bond donors (Lipinski definition) is 2. The highest BCUT2D eigenvalue weighted by molar-refractivity contribution is 7.80. The number of nitrogens with one attached hydrogen (secondary N) is 2. The fraction of sp³-hybridized carbons (Fsp3) is 0.0588. The average molecular weight is 406 g/mol. The maximum Gasteiger partial charge on any atom is 0.269 e. The van der Waals surface area contributed by atoms with E-state index in [9.17, 15) is 14.5 Å². The first-order valence-corrected chi connectivity index (χ1v) is 8.48. The third-order valence-corrected chi connectivity index (χ3v) is 4.13. The van der Waals surface area contributed by atoms with Crippen LogP contribution in [0.3, 0.4) is 0 Å². The summed E-state index contributed by atoms with van der Waals surface area (Å²) in [4.78, 5) is 10.2. The van der Waals surface area contributed by atoms with Crippen LogP contribution in [-0.4, -0.2) is 19.8 Å². The maximum atomic E-state index is 13.1. The molecule has 2 aromatic carbocycles. The third-order valence-electron chi connectivity index (χ3n) is 3.57. The number of anilines is 2. The molecule has 0 bridgehead atoms. The monoisotopic (exact) mass is 405 g/mol. The molecular weight excluding hydrogens is 393 g/mol. The summed E-state index contributed by atoms with van der Waals surface area (Å²) < 4.78 is 14.7. The van der Waals surface area contributed by atoms with Crippen LogP contribution in [0.4, 0.5) is 21.5 Å². The third kappa shape index (κ3) is 4.99. The van der Waals surface area contributed by atoms with E-state index in [0.29, 0.717) is 28.1 Å². The Labute approximate surface area is 163 Å². The van der Waals surface area contributed by atoms with Crippen molar-refractivity contribution < 1.29 is 9.31 Å². The molecular formula is C17H13ClFN5O2S. The zero-order valence-electron chi connectivity index (χ0n) is 13.7. The Kier molecular flexibility index (Phi) is 5.63. The second kappa shape index (κ2) is 8.11. The molecule has 1 heterocycles. The summed E-state index contributed by atoms with van der Waals surface area (Å²) in [5, 5.41) is 21.4. The molecule has 27 heavy (non-hydrogen) atoms. The second-order valence-electron chi connectivity index (χ2n) is 5.55. The summed E-state index contributed by atoms with van der Waals surface area (Å²) in [5.41, 5.74) is 2.00. The van der Waals surface area contributed by atoms with Gasteiger partial charge >= 0.3 is 0 Å².